The van der Waals surface area contributed by atoms with Gasteiger partial charge in [0.1, 0.15) is 0 Å². The van der Waals surface area contributed by atoms with Gasteiger partial charge in [0.05, 0.1) is 68.1 Å². The first-order chi connectivity index (χ1) is 46.7. The van der Waals surface area contributed by atoms with Crippen LogP contribution in [-0.2, 0) is 46.2 Å². The van der Waals surface area contributed by atoms with Crippen molar-refractivity contribution in [1.82, 2.24) is 43.8 Å². The van der Waals surface area contributed by atoms with Gasteiger partial charge in [-0.25, -0.2) is 51.7 Å². The Bertz CT molecular complexity index is 4860. The molecule has 2 aliphatic heterocycles. The van der Waals surface area contributed by atoms with Gasteiger partial charge in [0, 0.05) is 78.9 Å². The van der Waals surface area contributed by atoms with E-state index in [1.165, 1.54) is 26.4 Å². The summed E-state index contributed by atoms with van der Waals surface area (Å²) in [7, 11) is 2.55. The number of benzene rings is 5. The third-order valence-corrected chi connectivity index (χ3v) is 17.2. The summed E-state index contributed by atoms with van der Waals surface area (Å²) in [5.41, 5.74) is 14.8. The smallest absolute Gasteiger partial charge is 0.870 e. The van der Waals surface area contributed by atoms with Gasteiger partial charge in [-0.15, -0.1) is 0 Å². The Kier molecular flexibility index (Phi) is 22.6. The molecule has 0 saturated heterocycles. The number of carboxylic acid groups (broad SMARTS) is 1. The number of aliphatic carboxylic acids is 1. The van der Waals surface area contributed by atoms with Crippen molar-refractivity contribution < 1.29 is 86.1 Å². The van der Waals surface area contributed by atoms with Gasteiger partial charge in [-0.2, -0.15) is 15.3 Å². The number of nitrogens with zero attached hydrogens (tertiary/aromatic N) is 9. The number of carbonyl (C=O) groups is 3. The van der Waals surface area contributed by atoms with E-state index in [1.54, 1.807) is 66.8 Å². The molecule has 11 aromatic rings. The van der Waals surface area contributed by atoms with Crippen molar-refractivity contribution in [2.75, 3.05) is 27.4 Å². The number of aliphatic hydroxyl groups excluding tert-OH is 1. The molecule has 3 atom stereocenters. The van der Waals surface area contributed by atoms with Gasteiger partial charge < -0.3 is 44.1 Å². The zero-order chi connectivity index (χ0) is 70.2. The van der Waals surface area contributed by atoms with E-state index in [2.05, 4.69) is 14.8 Å². The van der Waals surface area contributed by atoms with Crippen LogP contribution in [0.4, 0.5) is 8.78 Å². The Morgan fingerprint density at radius 1 is 0.560 bits per heavy atom. The maximum Gasteiger partial charge on any atom is 1.00 e. The van der Waals surface area contributed by atoms with Gasteiger partial charge in [-0.05, 0) is 149 Å². The number of aromatic nitrogens is 9. The van der Waals surface area contributed by atoms with Gasteiger partial charge in [0.15, 0.2) is 58.4 Å². The van der Waals surface area contributed by atoms with Gasteiger partial charge in [-0.1, -0.05) is 91.0 Å². The van der Waals surface area contributed by atoms with Crippen molar-refractivity contribution in [3.8, 4) is 67.4 Å². The Hall–Kier alpha value is -9.73. The zero-order valence-corrected chi connectivity index (χ0v) is 58.8. The number of methoxy groups -OCH3 is 2. The second-order valence-corrected chi connectivity index (χ2v) is 26.2. The van der Waals surface area contributed by atoms with Crippen LogP contribution in [0.15, 0.2) is 122 Å². The molecule has 100 heavy (non-hydrogen) atoms. The molecule has 3 unspecified atom stereocenters. The number of hydrogen-bond acceptors (Lipinski definition) is 17. The van der Waals surface area contributed by atoms with Crippen LogP contribution in [0.25, 0.3) is 72.8 Å². The molecule has 516 valence electrons. The standard InChI is InChI=1S/2C30H32FN3O4.C16H15N3O3.Li.H2O/c1-17-20-13-10-14-37-26(20)23(31)15-21(17)25-24(27(29(35)36-6)38-30(3,4)5)18(2)33-28-22(16-32-34(25)28)19-11-8-7-9-12-19;1-16-20-13-10-14-37-26(20)22(31)15-21(16)25-24(27(29(35)36)38-30(4,5)6)17(2)32-28-23(18(3)33-34(25)28)19-11-8-7-9-12-19;1-10-13(14(20)16(21)22-2)9-19-15(18-10)12(8-17-19)11-6-4-3-5-7-11;;/h7-9,11-12,15-16,27H,10,13-14H2,1-6H3;7-9,11-12,15,27H,10,13-14H2,1-6H3,(H,35,36);3-9,14,20H,1-2H3;;1H2/q;;;+1;/p-1. The van der Waals surface area contributed by atoms with Crippen LogP contribution in [-0.4, -0.2) is 116 Å². The Morgan fingerprint density at radius 3 is 1.49 bits per heavy atom. The van der Waals surface area contributed by atoms with Gasteiger partial charge in [0.25, 0.3) is 0 Å². The topological polar surface area (TPSA) is 268 Å². The molecule has 0 fully saturated rings. The Balaban J connectivity index is 0.000000180. The fourth-order valence-electron chi connectivity index (χ4n) is 12.7. The van der Waals surface area contributed by atoms with Crippen molar-refractivity contribution in [2.24, 2.45) is 0 Å². The molecule has 21 nitrogen and oxygen atoms in total. The van der Waals surface area contributed by atoms with E-state index in [4.69, 9.17) is 43.8 Å². The van der Waals surface area contributed by atoms with E-state index in [1.807, 2.05) is 139 Å². The maximum atomic E-state index is 15.5. The third kappa shape index (κ3) is 14.9. The monoisotopic (exact) mass is 1360 g/mol. The van der Waals surface area contributed by atoms with Crippen LogP contribution in [0, 0.1) is 53.2 Å². The molecule has 0 radical (unpaired) electrons. The number of hydrogen-bond donors (Lipinski definition) is 2. The van der Waals surface area contributed by atoms with Gasteiger partial charge >= 0.3 is 36.8 Å². The second-order valence-electron chi connectivity index (χ2n) is 26.2. The fourth-order valence-corrected chi connectivity index (χ4v) is 12.7. The average Bonchev–Trinajstić information content (AvgIpc) is 1.41. The number of rotatable bonds is 13. The van der Waals surface area contributed by atoms with E-state index < -0.39 is 59.1 Å². The SMILES string of the molecule is COC(=O)C(O)c1cn2ncc(-c3ccccc3)c2nc1C.COC(=O)C(OC(C)(C)C)c1c(C)nc2c(-c3ccccc3)cnn2c1-c1cc(F)c2c(c1C)CCCO2.Cc1nc2c(-c3ccccc3)c(C)nn2c(-c2cc(F)c3c(c2C)CCCO3)c1C(OC(C)(C)C)C(=O)O.[Li+].[OH-]. The first-order valence-corrected chi connectivity index (χ1v) is 32.3. The minimum absolute atomic E-state index is 0. The van der Waals surface area contributed by atoms with Crippen molar-refractivity contribution >= 4 is 34.8 Å². The first-order valence-electron chi connectivity index (χ1n) is 32.3. The number of aliphatic hydroxyl groups is 1. The number of carbonyl (C=O) groups excluding carboxylic acids is 2. The number of aryl methyl sites for hydroxylation is 4. The van der Waals surface area contributed by atoms with E-state index in [9.17, 15) is 24.6 Å². The summed E-state index contributed by atoms with van der Waals surface area (Å²) in [6.07, 6.45) is 4.18. The summed E-state index contributed by atoms with van der Waals surface area (Å²) >= 11 is 0. The molecule has 0 saturated carbocycles. The van der Waals surface area contributed by atoms with E-state index >= 15 is 8.78 Å². The van der Waals surface area contributed by atoms with Crippen LogP contribution in [0.2, 0.25) is 0 Å². The summed E-state index contributed by atoms with van der Waals surface area (Å²) in [6.45, 7) is 23.1. The molecule has 24 heteroatoms. The van der Waals surface area contributed by atoms with Crippen LogP contribution in [0.1, 0.15) is 134 Å². The molecule has 6 aromatic heterocycles. The minimum Gasteiger partial charge on any atom is -0.870 e. The average molecular weight is 1360 g/mol. The van der Waals surface area contributed by atoms with Crippen LogP contribution < -0.4 is 28.3 Å². The second kappa shape index (κ2) is 30.4. The molecule has 2 aliphatic rings. The number of halogens is 2. The quantitative estimate of drug-likeness (QED) is 0.0802. The normalized spacial score (nSPS) is 13.5. The molecule has 3 N–H and O–H groups in total. The fraction of sp³-hybridized carbons (Fsp3) is 0.329. The molecule has 0 spiro atoms. The minimum atomic E-state index is -1.37. The number of fused-ring (bicyclic) bond motifs is 5. The molecule has 0 aliphatic carbocycles. The van der Waals surface area contributed by atoms with Crippen molar-refractivity contribution in [2.45, 2.75) is 138 Å². The molecule has 0 bridgehead atoms. The predicted octanol–water partition coefficient (Wildman–Crippen LogP) is 11.3. The van der Waals surface area contributed by atoms with Crippen molar-refractivity contribution in [3.05, 3.63) is 195 Å². The molecular formula is C76H80F2LiN9O12. The van der Waals surface area contributed by atoms with E-state index in [0.717, 1.165) is 74.2 Å². The number of carboxylic acids is 1. The maximum absolute atomic E-state index is 15.5. The van der Waals surface area contributed by atoms with Crippen LogP contribution in [0.3, 0.4) is 0 Å². The summed E-state index contributed by atoms with van der Waals surface area (Å²) in [5.74, 6) is -2.82. The molecule has 13 rings (SSSR count). The summed E-state index contributed by atoms with van der Waals surface area (Å²) in [6, 6.07) is 32.3. The van der Waals surface area contributed by atoms with Crippen molar-refractivity contribution in [3.63, 3.8) is 0 Å². The summed E-state index contributed by atoms with van der Waals surface area (Å²) in [4.78, 5) is 51.6. The Labute approximate surface area is 589 Å². The van der Waals surface area contributed by atoms with Crippen LogP contribution >= 0.6 is 0 Å². The van der Waals surface area contributed by atoms with Gasteiger partial charge in [-0.3, -0.25) is 0 Å². The third-order valence-electron chi connectivity index (χ3n) is 17.2. The van der Waals surface area contributed by atoms with Gasteiger partial charge in [0.2, 0.25) is 0 Å². The summed E-state index contributed by atoms with van der Waals surface area (Å²) in [5, 5.41) is 34.1. The largest absolute Gasteiger partial charge is 1.00 e. The van der Waals surface area contributed by atoms with Crippen molar-refractivity contribution in [1.29, 1.82) is 0 Å². The summed E-state index contributed by atoms with van der Waals surface area (Å²) < 4.78 is 69.3. The molecule has 5 aromatic carbocycles. The van der Waals surface area contributed by atoms with E-state index in [-0.39, 0.29) is 30.1 Å². The molecule has 0 amide bonds. The van der Waals surface area contributed by atoms with E-state index in [0.29, 0.717) is 105 Å². The number of esters is 2. The molecule has 8 heterocycles. The predicted molar refractivity (Wildman–Crippen MR) is 368 cm³/mol. The molecular weight excluding hydrogens is 1280 g/mol. The zero-order valence-electron chi connectivity index (χ0n) is 58.8. The first kappa shape index (κ1) is 74.5. The number of ether oxygens (including phenoxy) is 6. The van der Waals surface area contributed by atoms with Crippen LogP contribution in [0.5, 0.6) is 11.5 Å². The Morgan fingerprint density at radius 2 is 1.00 bits per heavy atom.